The van der Waals surface area contributed by atoms with Crippen molar-refractivity contribution >= 4 is 25.7 Å². The standard InChI is InChI=1S/C12H15ClO4S/c1-7(2)17-12(14)11-6-10(18(13,15)16)5-8(3)9(11)4/h5-7H,1-4H3. The fourth-order valence-corrected chi connectivity index (χ4v) is 2.30. The highest BCUT2D eigenvalue weighted by molar-refractivity contribution is 8.13. The number of halogens is 1. The van der Waals surface area contributed by atoms with Gasteiger partial charge in [0, 0.05) is 10.7 Å². The Morgan fingerprint density at radius 3 is 2.28 bits per heavy atom. The number of esters is 1. The molecule has 0 fully saturated rings. The molecule has 1 rings (SSSR count). The predicted molar refractivity (Wildman–Crippen MR) is 69.5 cm³/mol. The Bertz CT molecular complexity index is 576. The van der Waals surface area contributed by atoms with Crippen LogP contribution in [-0.4, -0.2) is 20.5 Å². The third kappa shape index (κ3) is 3.46. The lowest BCUT2D eigenvalue weighted by Gasteiger charge is -2.12. The smallest absolute Gasteiger partial charge is 0.338 e. The summed E-state index contributed by atoms with van der Waals surface area (Å²) in [6, 6.07) is 2.68. The number of hydrogen-bond donors (Lipinski definition) is 0. The maximum Gasteiger partial charge on any atom is 0.338 e. The summed E-state index contributed by atoms with van der Waals surface area (Å²) in [4.78, 5) is 11.8. The van der Waals surface area contributed by atoms with Crippen molar-refractivity contribution in [2.24, 2.45) is 0 Å². The zero-order valence-electron chi connectivity index (χ0n) is 10.7. The molecule has 100 valence electrons. The Kier molecular flexibility index (Phi) is 4.40. The monoisotopic (exact) mass is 290 g/mol. The molecule has 0 unspecified atom stereocenters. The molecule has 0 aliphatic carbocycles. The van der Waals surface area contributed by atoms with Crippen molar-refractivity contribution in [3.05, 3.63) is 28.8 Å². The van der Waals surface area contributed by atoms with Crippen LogP contribution in [0.25, 0.3) is 0 Å². The Morgan fingerprint density at radius 2 is 1.83 bits per heavy atom. The van der Waals surface area contributed by atoms with E-state index in [2.05, 4.69) is 0 Å². The van der Waals surface area contributed by atoms with Crippen LogP contribution in [-0.2, 0) is 13.8 Å². The molecule has 0 amide bonds. The number of ether oxygens (including phenoxy) is 1. The van der Waals surface area contributed by atoms with E-state index in [-0.39, 0.29) is 16.6 Å². The van der Waals surface area contributed by atoms with E-state index in [1.807, 2.05) is 0 Å². The summed E-state index contributed by atoms with van der Waals surface area (Å²) in [6.07, 6.45) is -0.270. The molecule has 0 aromatic heterocycles. The second kappa shape index (κ2) is 5.28. The highest BCUT2D eigenvalue weighted by Gasteiger charge is 2.19. The first-order valence-electron chi connectivity index (χ1n) is 5.40. The van der Waals surface area contributed by atoms with Gasteiger partial charge in [0.2, 0.25) is 0 Å². The Balaban J connectivity index is 3.36. The topological polar surface area (TPSA) is 60.4 Å². The van der Waals surface area contributed by atoms with Crippen molar-refractivity contribution < 1.29 is 17.9 Å². The van der Waals surface area contributed by atoms with E-state index in [0.717, 1.165) is 0 Å². The van der Waals surface area contributed by atoms with Gasteiger partial charge in [-0.2, -0.15) is 0 Å². The van der Waals surface area contributed by atoms with Crippen molar-refractivity contribution in [2.45, 2.75) is 38.7 Å². The summed E-state index contributed by atoms with van der Waals surface area (Å²) in [5, 5.41) is 0. The SMILES string of the molecule is Cc1cc(S(=O)(=O)Cl)cc(C(=O)OC(C)C)c1C. The largest absolute Gasteiger partial charge is 0.459 e. The van der Waals surface area contributed by atoms with Gasteiger partial charge in [-0.25, -0.2) is 13.2 Å². The summed E-state index contributed by atoms with van der Waals surface area (Å²) in [7, 11) is 1.42. The van der Waals surface area contributed by atoms with Gasteiger partial charge in [0.1, 0.15) is 0 Å². The minimum Gasteiger partial charge on any atom is -0.459 e. The minimum absolute atomic E-state index is 0.0945. The van der Waals surface area contributed by atoms with Crippen LogP contribution >= 0.6 is 10.7 Å². The van der Waals surface area contributed by atoms with Crippen LogP contribution in [0.1, 0.15) is 35.3 Å². The lowest BCUT2D eigenvalue weighted by molar-refractivity contribution is 0.0376. The Hall–Kier alpha value is -1.07. The van der Waals surface area contributed by atoms with Crippen LogP contribution in [0.2, 0.25) is 0 Å². The summed E-state index contributed by atoms with van der Waals surface area (Å²) in [6.45, 7) is 6.90. The number of hydrogen-bond acceptors (Lipinski definition) is 4. The zero-order valence-corrected chi connectivity index (χ0v) is 12.2. The molecule has 6 heteroatoms. The molecule has 0 radical (unpaired) electrons. The molecule has 0 saturated heterocycles. The van der Waals surface area contributed by atoms with Crippen LogP contribution in [0.5, 0.6) is 0 Å². The first-order valence-corrected chi connectivity index (χ1v) is 7.70. The molecule has 0 aliphatic rings. The normalized spacial score (nSPS) is 11.7. The van der Waals surface area contributed by atoms with Gasteiger partial charge in [-0.05, 0) is 51.0 Å². The van der Waals surface area contributed by atoms with Crippen LogP contribution in [0.15, 0.2) is 17.0 Å². The number of carbonyl (C=O) groups is 1. The minimum atomic E-state index is -3.86. The second-order valence-electron chi connectivity index (χ2n) is 4.30. The van der Waals surface area contributed by atoms with E-state index in [1.54, 1.807) is 27.7 Å². The van der Waals surface area contributed by atoms with Crippen molar-refractivity contribution in [2.75, 3.05) is 0 Å². The molecular weight excluding hydrogens is 276 g/mol. The summed E-state index contributed by atoms with van der Waals surface area (Å²) >= 11 is 0. The van der Waals surface area contributed by atoms with Crippen molar-refractivity contribution in [1.82, 2.24) is 0 Å². The fraction of sp³-hybridized carbons (Fsp3) is 0.417. The first kappa shape index (κ1) is 15.0. The number of rotatable bonds is 3. The average molecular weight is 291 g/mol. The van der Waals surface area contributed by atoms with E-state index >= 15 is 0 Å². The van der Waals surface area contributed by atoms with Gasteiger partial charge in [0.25, 0.3) is 9.05 Å². The van der Waals surface area contributed by atoms with Crippen molar-refractivity contribution in [1.29, 1.82) is 0 Å². The molecule has 0 spiro atoms. The number of aryl methyl sites for hydroxylation is 1. The molecule has 0 atom stereocenters. The molecule has 0 N–H and O–H groups in total. The van der Waals surface area contributed by atoms with Gasteiger partial charge in [-0.15, -0.1) is 0 Å². The quantitative estimate of drug-likeness (QED) is 0.634. The molecule has 18 heavy (non-hydrogen) atoms. The van der Waals surface area contributed by atoms with Gasteiger partial charge in [0.15, 0.2) is 0 Å². The molecule has 0 bridgehead atoms. The molecule has 4 nitrogen and oxygen atoms in total. The Labute approximate surface area is 111 Å². The predicted octanol–water partition coefficient (Wildman–Crippen LogP) is 2.80. The highest BCUT2D eigenvalue weighted by Crippen LogP contribution is 2.23. The summed E-state index contributed by atoms with van der Waals surface area (Å²) in [5.41, 5.74) is 1.58. The third-order valence-electron chi connectivity index (χ3n) is 2.49. The van der Waals surface area contributed by atoms with Gasteiger partial charge >= 0.3 is 5.97 Å². The lowest BCUT2D eigenvalue weighted by atomic mass is 10.0. The highest BCUT2D eigenvalue weighted by atomic mass is 35.7. The summed E-state index contributed by atoms with van der Waals surface area (Å²) < 4.78 is 27.7. The Morgan fingerprint density at radius 1 is 1.28 bits per heavy atom. The van der Waals surface area contributed by atoms with Crippen LogP contribution < -0.4 is 0 Å². The maximum absolute atomic E-state index is 11.8. The average Bonchev–Trinajstić information content (AvgIpc) is 2.18. The van der Waals surface area contributed by atoms with Crippen molar-refractivity contribution in [3.8, 4) is 0 Å². The van der Waals surface area contributed by atoms with Crippen LogP contribution in [0.4, 0.5) is 0 Å². The molecule has 1 aromatic rings. The molecule has 0 saturated carbocycles. The maximum atomic E-state index is 11.8. The molecule has 0 heterocycles. The van der Waals surface area contributed by atoms with Gasteiger partial charge in [0.05, 0.1) is 16.6 Å². The molecular formula is C12H15ClO4S. The van der Waals surface area contributed by atoms with Crippen molar-refractivity contribution in [3.63, 3.8) is 0 Å². The van der Waals surface area contributed by atoms with Crippen LogP contribution in [0, 0.1) is 13.8 Å². The van der Waals surface area contributed by atoms with Crippen LogP contribution in [0.3, 0.4) is 0 Å². The number of carbonyl (C=O) groups excluding carboxylic acids is 1. The second-order valence-corrected chi connectivity index (χ2v) is 6.87. The first-order chi connectivity index (χ1) is 8.12. The van der Waals surface area contributed by atoms with E-state index in [1.165, 1.54) is 12.1 Å². The van der Waals surface area contributed by atoms with E-state index < -0.39 is 15.0 Å². The van der Waals surface area contributed by atoms with E-state index in [0.29, 0.717) is 11.1 Å². The molecule has 0 aliphatic heterocycles. The summed E-state index contributed by atoms with van der Waals surface area (Å²) in [5.74, 6) is -0.548. The van der Waals surface area contributed by atoms with E-state index in [9.17, 15) is 13.2 Å². The number of benzene rings is 1. The van der Waals surface area contributed by atoms with E-state index in [4.69, 9.17) is 15.4 Å². The zero-order chi connectivity index (χ0) is 14.1. The molecule has 1 aromatic carbocycles. The van der Waals surface area contributed by atoms with Gasteiger partial charge in [-0.3, -0.25) is 0 Å². The van der Waals surface area contributed by atoms with Gasteiger partial charge in [-0.1, -0.05) is 0 Å². The fourth-order valence-electron chi connectivity index (χ4n) is 1.46. The van der Waals surface area contributed by atoms with Gasteiger partial charge < -0.3 is 4.74 Å². The lowest BCUT2D eigenvalue weighted by Crippen LogP contribution is -2.14. The third-order valence-corrected chi connectivity index (χ3v) is 3.82.